The number of fused-ring (bicyclic) bond motifs is 1. The summed E-state index contributed by atoms with van der Waals surface area (Å²) in [5.41, 5.74) is 2.39. The van der Waals surface area contributed by atoms with Crippen LogP contribution in [0.4, 0.5) is 0 Å². The average molecular weight is 265 g/mol. The van der Waals surface area contributed by atoms with Gasteiger partial charge >= 0.3 is 0 Å². The largest absolute Gasteiger partial charge is 0.381 e. The van der Waals surface area contributed by atoms with E-state index in [-0.39, 0.29) is 0 Å². The molecule has 2 N–H and O–H groups in total. The van der Waals surface area contributed by atoms with Crippen molar-refractivity contribution in [1.29, 1.82) is 0 Å². The van der Waals surface area contributed by atoms with E-state index >= 15 is 0 Å². The van der Waals surface area contributed by atoms with E-state index in [2.05, 4.69) is 22.6 Å². The molecule has 0 saturated carbocycles. The fourth-order valence-electron chi connectivity index (χ4n) is 2.46. The molecule has 4 heteroatoms. The molecule has 1 aliphatic heterocycles. The third kappa shape index (κ3) is 2.53. The predicted octanol–water partition coefficient (Wildman–Crippen LogP) is 2.95. The highest BCUT2D eigenvalue weighted by atomic mass is 35.5. The Balaban J connectivity index is 1.63. The maximum absolute atomic E-state index is 5.97. The van der Waals surface area contributed by atoms with Gasteiger partial charge in [0.2, 0.25) is 0 Å². The third-order valence-electron chi connectivity index (χ3n) is 3.50. The van der Waals surface area contributed by atoms with Crippen molar-refractivity contribution in [3.05, 3.63) is 35.0 Å². The minimum Gasteiger partial charge on any atom is -0.381 e. The quantitative estimate of drug-likeness (QED) is 0.891. The molecule has 0 amide bonds. The lowest BCUT2D eigenvalue weighted by atomic mass is 10.1. The Morgan fingerprint density at radius 3 is 3.22 bits per heavy atom. The summed E-state index contributed by atoms with van der Waals surface area (Å²) >= 11 is 5.97. The summed E-state index contributed by atoms with van der Waals surface area (Å²) in [6, 6.07) is 5.97. The lowest BCUT2D eigenvalue weighted by Crippen LogP contribution is -2.22. The van der Waals surface area contributed by atoms with Gasteiger partial charge in [0.15, 0.2) is 0 Å². The maximum atomic E-state index is 5.97. The first-order chi connectivity index (χ1) is 8.83. The van der Waals surface area contributed by atoms with Crippen LogP contribution in [0.25, 0.3) is 10.9 Å². The van der Waals surface area contributed by atoms with E-state index in [0.29, 0.717) is 5.92 Å². The zero-order valence-electron chi connectivity index (χ0n) is 10.2. The molecule has 0 bridgehead atoms. The Kier molecular flexibility index (Phi) is 3.55. The summed E-state index contributed by atoms with van der Waals surface area (Å²) in [4.78, 5) is 3.26. The van der Waals surface area contributed by atoms with Crippen molar-refractivity contribution in [3.8, 4) is 0 Å². The van der Waals surface area contributed by atoms with Crippen LogP contribution in [0.3, 0.4) is 0 Å². The fourth-order valence-corrected chi connectivity index (χ4v) is 2.63. The average Bonchev–Trinajstić information content (AvgIpc) is 2.99. The molecule has 0 spiro atoms. The van der Waals surface area contributed by atoms with Crippen molar-refractivity contribution in [2.45, 2.75) is 13.0 Å². The van der Waals surface area contributed by atoms with Gasteiger partial charge in [-0.15, -0.1) is 0 Å². The SMILES string of the molecule is Clc1ccc2c(CNCC3CCOC3)c[nH]c2c1. The molecule has 96 valence electrons. The first-order valence-corrected chi connectivity index (χ1v) is 6.75. The summed E-state index contributed by atoms with van der Waals surface area (Å²) in [7, 11) is 0. The van der Waals surface area contributed by atoms with Crippen LogP contribution in [0.1, 0.15) is 12.0 Å². The van der Waals surface area contributed by atoms with E-state index < -0.39 is 0 Å². The van der Waals surface area contributed by atoms with E-state index in [4.69, 9.17) is 16.3 Å². The Labute approximate surface area is 111 Å². The summed E-state index contributed by atoms with van der Waals surface area (Å²) < 4.78 is 5.37. The van der Waals surface area contributed by atoms with Crippen molar-refractivity contribution < 1.29 is 4.74 Å². The molecule has 3 nitrogen and oxygen atoms in total. The van der Waals surface area contributed by atoms with Crippen molar-refractivity contribution in [2.75, 3.05) is 19.8 Å². The van der Waals surface area contributed by atoms with Gasteiger partial charge in [-0.25, -0.2) is 0 Å². The van der Waals surface area contributed by atoms with Crippen molar-refractivity contribution in [3.63, 3.8) is 0 Å². The highest BCUT2D eigenvalue weighted by Gasteiger charge is 2.14. The number of aromatic nitrogens is 1. The smallest absolute Gasteiger partial charge is 0.0507 e. The molecule has 18 heavy (non-hydrogen) atoms. The van der Waals surface area contributed by atoms with Crippen molar-refractivity contribution in [1.82, 2.24) is 10.3 Å². The Morgan fingerprint density at radius 2 is 2.39 bits per heavy atom. The molecule has 1 atom stereocenters. The molecule has 0 radical (unpaired) electrons. The molecule has 1 unspecified atom stereocenters. The zero-order chi connectivity index (χ0) is 12.4. The molecule has 2 aromatic rings. The number of H-pyrrole nitrogens is 1. The molecule has 1 fully saturated rings. The molecular weight excluding hydrogens is 248 g/mol. The number of nitrogens with one attached hydrogen (secondary N) is 2. The van der Waals surface area contributed by atoms with Crippen LogP contribution in [-0.4, -0.2) is 24.7 Å². The number of ether oxygens (including phenoxy) is 1. The van der Waals surface area contributed by atoms with Crippen LogP contribution in [0.5, 0.6) is 0 Å². The summed E-state index contributed by atoms with van der Waals surface area (Å²) in [6.07, 6.45) is 3.23. The van der Waals surface area contributed by atoms with Gasteiger partial charge in [-0.3, -0.25) is 0 Å². The summed E-state index contributed by atoms with van der Waals surface area (Å²) in [5, 5.41) is 5.52. The first-order valence-electron chi connectivity index (χ1n) is 6.37. The van der Waals surface area contributed by atoms with Gasteiger partial charge in [-0.1, -0.05) is 17.7 Å². The Morgan fingerprint density at radius 1 is 1.44 bits per heavy atom. The summed E-state index contributed by atoms with van der Waals surface area (Å²) in [5.74, 6) is 0.671. The second kappa shape index (κ2) is 5.31. The summed E-state index contributed by atoms with van der Waals surface area (Å²) in [6.45, 7) is 3.73. The van der Waals surface area contributed by atoms with E-state index in [1.807, 2.05) is 12.1 Å². The topological polar surface area (TPSA) is 37.0 Å². The fraction of sp³-hybridized carbons (Fsp3) is 0.429. The van der Waals surface area contributed by atoms with Gasteiger partial charge in [0.1, 0.15) is 0 Å². The molecule has 2 heterocycles. The van der Waals surface area contributed by atoms with Crippen LogP contribution in [0.15, 0.2) is 24.4 Å². The second-order valence-corrected chi connectivity index (χ2v) is 5.30. The van der Waals surface area contributed by atoms with Crippen LogP contribution >= 0.6 is 11.6 Å². The lowest BCUT2D eigenvalue weighted by Gasteiger charge is -2.08. The van der Waals surface area contributed by atoms with E-state index in [1.165, 1.54) is 17.4 Å². The van der Waals surface area contributed by atoms with Gasteiger partial charge in [-0.05, 0) is 30.0 Å². The minimum absolute atomic E-state index is 0.671. The molecule has 1 aromatic carbocycles. The Hall–Kier alpha value is -1.03. The number of hydrogen-bond acceptors (Lipinski definition) is 2. The number of hydrogen-bond donors (Lipinski definition) is 2. The number of rotatable bonds is 4. The number of halogens is 1. The highest BCUT2D eigenvalue weighted by Crippen LogP contribution is 2.22. The molecule has 1 aromatic heterocycles. The van der Waals surface area contributed by atoms with Gasteiger partial charge in [0, 0.05) is 41.8 Å². The van der Waals surface area contributed by atoms with E-state index in [0.717, 1.165) is 36.8 Å². The molecule has 3 rings (SSSR count). The Bertz CT molecular complexity index is 532. The van der Waals surface area contributed by atoms with Crippen molar-refractivity contribution >= 4 is 22.5 Å². The predicted molar refractivity (Wildman–Crippen MR) is 73.9 cm³/mol. The molecular formula is C14H17ClN2O. The van der Waals surface area contributed by atoms with Gasteiger partial charge < -0.3 is 15.0 Å². The van der Waals surface area contributed by atoms with Gasteiger partial charge in [-0.2, -0.15) is 0 Å². The zero-order valence-corrected chi connectivity index (χ0v) is 11.0. The molecule has 0 aliphatic carbocycles. The minimum atomic E-state index is 0.671. The maximum Gasteiger partial charge on any atom is 0.0507 e. The van der Waals surface area contributed by atoms with Gasteiger partial charge in [0.25, 0.3) is 0 Å². The van der Waals surface area contributed by atoms with E-state index in [9.17, 15) is 0 Å². The highest BCUT2D eigenvalue weighted by molar-refractivity contribution is 6.31. The monoisotopic (exact) mass is 264 g/mol. The van der Waals surface area contributed by atoms with Crippen LogP contribution < -0.4 is 5.32 Å². The standard InChI is InChI=1S/C14H17ClN2O/c15-12-1-2-13-11(8-17-14(13)5-12)7-16-6-10-3-4-18-9-10/h1-2,5,8,10,16-17H,3-4,6-7,9H2. The third-order valence-corrected chi connectivity index (χ3v) is 3.74. The lowest BCUT2D eigenvalue weighted by molar-refractivity contribution is 0.185. The van der Waals surface area contributed by atoms with Gasteiger partial charge in [0.05, 0.1) is 6.61 Å². The number of aromatic amines is 1. The first kappa shape index (κ1) is 12.0. The second-order valence-electron chi connectivity index (χ2n) is 4.86. The van der Waals surface area contributed by atoms with Crippen LogP contribution in [-0.2, 0) is 11.3 Å². The van der Waals surface area contributed by atoms with Crippen molar-refractivity contribution in [2.24, 2.45) is 5.92 Å². The van der Waals surface area contributed by atoms with Crippen LogP contribution in [0, 0.1) is 5.92 Å². The number of benzene rings is 1. The normalized spacial score (nSPS) is 19.7. The van der Waals surface area contributed by atoms with E-state index in [1.54, 1.807) is 0 Å². The van der Waals surface area contributed by atoms with Crippen LogP contribution in [0.2, 0.25) is 5.02 Å². The molecule has 1 saturated heterocycles. The molecule has 1 aliphatic rings.